The fourth-order valence-electron chi connectivity index (χ4n) is 6.39. The molecule has 0 saturated heterocycles. The molecule has 0 aliphatic rings. The molecule has 0 amide bonds. The van der Waals surface area contributed by atoms with Gasteiger partial charge >= 0.3 is 0 Å². The molecular weight excluding hydrogens is 568 g/mol. The number of hydrogen-bond acceptors (Lipinski definition) is 4. The van der Waals surface area contributed by atoms with E-state index in [1.54, 1.807) is 0 Å². The van der Waals surface area contributed by atoms with E-state index in [2.05, 4.69) is 52.0 Å². The second kappa shape index (κ2) is 29.0. The van der Waals surface area contributed by atoms with Crippen LogP contribution in [0.2, 0.25) is 0 Å². The number of aliphatic hydroxyl groups excluding tert-OH is 2. The largest absolute Gasteiger partial charge is 0.396 e. The van der Waals surface area contributed by atoms with Crippen molar-refractivity contribution in [3.05, 3.63) is 35.4 Å². The molecule has 0 spiro atoms. The molecule has 2 N–H and O–H groups in total. The average Bonchev–Trinajstić information content (AvgIpc) is 3.07. The summed E-state index contributed by atoms with van der Waals surface area (Å²) < 4.78 is 12.2. The smallest absolute Gasteiger partial charge is 0.0717 e. The van der Waals surface area contributed by atoms with E-state index < -0.39 is 0 Å². The number of benzene rings is 1. The van der Waals surface area contributed by atoms with E-state index >= 15 is 0 Å². The van der Waals surface area contributed by atoms with E-state index in [1.165, 1.54) is 141 Å². The average molecular weight is 647 g/mol. The van der Waals surface area contributed by atoms with Crippen LogP contribution < -0.4 is 0 Å². The molecule has 46 heavy (non-hydrogen) atoms. The number of hydrogen-bond donors (Lipinski definition) is 2. The van der Waals surface area contributed by atoms with Gasteiger partial charge in [-0.2, -0.15) is 0 Å². The van der Waals surface area contributed by atoms with Gasteiger partial charge in [0.1, 0.15) is 0 Å². The molecule has 0 fully saturated rings. The zero-order valence-corrected chi connectivity index (χ0v) is 31.2. The Hall–Kier alpha value is -0.940. The lowest BCUT2D eigenvalue weighted by Crippen LogP contribution is -2.27. The Morgan fingerprint density at radius 1 is 0.435 bits per heavy atom. The van der Waals surface area contributed by atoms with E-state index in [9.17, 15) is 10.2 Å². The van der Waals surface area contributed by atoms with Gasteiger partial charge in [-0.05, 0) is 24.0 Å². The molecule has 0 saturated carbocycles. The number of rotatable bonds is 34. The Morgan fingerprint density at radius 3 is 0.957 bits per heavy atom. The molecule has 0 heterocycles. The lowest BCUT2D eigenvalue weighted by atomic mass is 9.86. The second-order valence-electron chi connectivity index (χ2n) is 15.3. The molecule has 0 aliphatic carbocycles. The summed E-state index contributed by atoms with van der Waals surface area (Å²) >= 11 is 0. The highest BCUT2D eigenvalue weighted by Crippen LogP contribution is 2.27. The van der Waals surface area contributed by atoms with Crippen molar-refractivity contribution in [2.75, 3.05) is 26.4 Å². The minimum atomic E-state index is -0.167. The minimum absolute atomic E-state index is 0.167. The highest BCUT2D eigenvalue weighted by Gasteiger charge is 2.24. The van der Waals surface area contributed by atoms with Crippen molar-refractivity contribution in [2.24, 2.45) is 10.8 Å². The van der Waals surface area contributed by atoms with E-state index in [0.29, 0.717) is 26.4 Å². The highest BCUT2D eigenvalue weighted by atomic mass is 16.5. The lowest BCUT2D eigenvalue weighted by Gasteiger charge is -2.27. The normalized spacial score (nSPS) is 14.4. The summed E-state index contributed by atoms with van der Waals surface area (Å²) in [7, 11) is 0. The minimum Gasteiger partial charge on any atom is -0.396 e. The highest BCUT2D eigenvalue weighted by molar-refractivity contribution is 5.21. The molecule has 0 aliphatic heterocycles. The van der Waals surface area contributed by atoms with Crippen LogP contribution in [0.3, 0.4) is 0 Å². The molecule has 0 radical (unpaired) electrons. The molecule has 4 heteroatoms. The topological polar surface area (TPSA) is 58.9 Å². The quantitative estimate of drug-likeness (QED) is 0.0732. The fourth-order valence-corrected chi connectivity index (χ4v) is 6.39. The Balaban J connectivity index is 2.16. The summed E-state index contributed by atoms with van der Waals surface area (Å²) in [5.41, 5.74) is 1.96. The van der Waals surface area contributed by atoms with Gasteiger partial charge in [0.15, 0.2) is 0 Å². The van der Waals surface area contributed by atoms with Gasteiger partial charge in [0, 0.05) is 10.8 Å². The second-order valence-corrected chi connectivity index (χ2v) is 15.3. The summed E-state index contributed by atoms with van der Waals surface area (Å²) in [6, 6.07) is 8.48. The number of aliphatic hydroxyl groups is 2. The first-order chi connectivity index (χ1) is 22.4. The van der Waals surface area contributed by atoms with Gasteiger partial charge in [0.25, 0.3) is 0 Å². The standard InChI is InChI=1S/C42H78O4/c1-5-7-9-11-13-15-17-19-21-23-25-31-41(3,35-43)37-45-33-39-27-29-40(30-28-39)34-46-38-42(4,36-44)32-26-24-22-20-18-16-14-12-10-8-6-2/h27-30,43-44H,5-26,31-38H2,1-4H3. The molecule has 0 bridgehead atoms. The van der Waals surface area contributed by atoms with E-state index in [1.807, 2.05) is 0 Å². The molecule has 2 unspecified atom stereocenters. The van der Waals surface area contributed by atoms with Crippen molar-refractivity contribution in [1.29, 1.82) is 0 Å². The van der Waals surface area contributed by atoms with Crippen LogP contribution in [0, 0.1) is 10.8 Å². The summed E-state index contributed by atoms with van der Waals surface area (Å²) in [6.45, 7) is 11.5. The summed E-state index contributed by atoms with van der Waals surface area (Å²) in [5, 5.41) is 20.1. The predicted octanol–water partition coefficient (Wildman–Crippen LogP) is 12.1. The number of ether oxygens (including phenoxy) is 2. The molecule has 1 aromatic carbocycles. The van der Waals surface area contributed by atoms with Crippen LogP contribution in [0.1, 0.15) is 193 Å². The maximum Gasteiger partial charge on any atom is 0.0717 e. The van der Waals surface area contributed by atoms with Crippen LogP contribution in [-0.2, 0) is 22.7 Å². The molecule has 1 rings (SSSR count). The van der Waals surface area contributed by atoms with Crippen molar-refractivity contribution in [2.45, 2.75) is 195 Å². The Labute approximate surface area is 286 Å². The van der Waals surface area contributed by atoms with Crippen LogP contribution in [0.15, 0.2) is 24.3 Å². The van der Waals surface area contributed by atoms with Crippen molar-refractivity contribution in [1.82, 2.24) is 0 Å². The first-order valence-electron chi connectivity index (χ1n) is 19.9. The Bertz CT molecular complexity index is 715. The molecule has 1 aromatic rings. The van der Waals surface area contributed by atoms with Crippen LogP contribution >= 0.6 is 0 Å². The van der Waals surface area contributed by atoms with Gasteiger partial charge in [-0.3, -0.25) is 0 Å². The van der Waals surface area contributed by atoms with Crippen molar-refractivity contribution in [3.8, 4) is 0 Å². The molecule has 270 valence electrons. The lowest BCUT2D eigenvalue weighted by molar-refractivity contribution is 0.00236. The van der Waals surface area contributed by atoms with Gasteiger partial charge in [0.05, 0.1) is 39.6 Å². The van der Waals surface area contributed by atoms with Gasteiger partial charge in [-0.15, -0.1) is 0 Å². The summed E-state index contributed by atoms with van der Waals surface area (Å²) in [5.74, 6) is 0. The SMILES string of the molecule is CCCCCCCCCCCCCC(C)(CO)COCc1ccc(COCC(C)(CO)CCCCCCCCCCCCC)cc1. The Morgan fingerprint density at radius 2 is 0.696 bits per heavy atom. The third-order valence-corrected chi connectivity index (χ3v) is 9.99. The van der Waals surface area contributed by atoms with Crippen molar-refractivity contribution >= 4 is 0 Å². The third kappa shape index (κ3) is 23.4. The van der Waals surface area contributed by atoms with Crippen LogP contribution in [0.25, 0.3) is 0 Å². The van der Waals surface area contributed by atoms with Crippen molar-refractivity contribution < 1.29 is 19.7 Å². The van der Waals surface area contributed by atoms with E-state index in [0.717, 1.165) is 24.0 Å². The zero-order chi connectivity index (χ0) is 33.6. The number of unbranched alkanes of at least 4 members (excludes halogenated alkanes) is 20. The van der Waals surface area contributed by atoms with E-state index in [-0.39, 0.29) is 24.0 Å². The summed E-state index contributed by atoms with van der Waals surface area (Å²) in [6.07, 6.45) is 31.6. The van der Waals surface area contributed by atoms with E-state index in [4.69, 9.17) is 9.47 Å². The van der Waals surface area contributed by atoms with Gasteiger partial charge in [-0.25, -0.2) is 0 Å². The molecule has 0 aromatic heterocycles. The fraction of sp³-hybridized carbons (Fsp3) is 0.857. The predicted molar refractivity (Wildman–Crippen MR) is 198 cm³/mol. The molecule has 4 nitrogen and oxygen atoms in total. The van der Waals surface area contributed by atoms with Crippen LogP contribution in [-0.4, -0.2) is 36.6 Å². The maximum absolute atomic E-state index is 10.1. The first-order valence-corrected chi connectivity index (χ1v) is 19.9. The third-order valence-electron chi connectivity index (χ3n) is 9.99. The monoisotopic (exact) mass is 647 g/mol. The maximum atomic E-state index is 10.1. The van der Waals surface area contributed by atoms with Crippen molar-refractivity contribution in [3.63, 3.8) is 0 Å². The summed E-state index contributed by atoms with van der Waals surface area (Å²) in [4.78, 5) is 0. The van der Waals surface area contributed by atoms with Crippen LogP contribution in [0.5, 0.6) is 0 Å². The molecule has 2 atom stereocenters. The van der Waals surface area contributed by atoms with Gasteiger partial charge in [0.2, 0.25) is 0 Å². The Kier molecular flexibility index (Phi) is 27.2. The zero-order valence-electron chi connectivity index (χ0n) is 31.2. The first kappa shape index (κ1) is 43.1. The van der Waals surface area contributed by atoms with Crippen LogP contribution in [0.4, 0.5) is 0 Å². The molecular formula is C42H78O4. The van der Waals surface area contributed by atoms with Gasteiger partial charge < -0.3 is 19.7 Å². The van der Waals surface area contributed by atoms with Gasteiger partial charge in [-0.1, -0.05) is 193 Å².